The number of anilines is 1. The van der Waals surface area contributed by atoms with Crippen molar-refractivity contribution >= 4 is 23.1 Å². The van der Waals surface area contributed by atoms with E-state index < -0.39 is 23.5 Å². The van der Waals surface area contributed by atoms with Crippen molar-refractivity contribution < 1.29 is 28.2 Å². The minimum Gasteiger partial charge on any atom is -0.507 e. The summed E-state index contributed by atoms with van der Waals surface area (Å²) in [7, 11) is 1.53. The van der Waals surface area contributed by atoms with Gasteiger partial charge in [0.25, 0.3) is 11.7 Å². The summed E-state index contributed by atoms with van der Waals surface area (Å²) >= 11 is 0. The largest absolute Gasteiger partial charge is 0.507 e. The van der Waals surface area contributed by atoms with Crippen LogP contribution in [0.4, 0.5) is 10.1 Å². The van der Waals surface area contributed by atoms with Crippen LogP contribution >= 0.6 is 0 Å². The van der Waals surface area contributed by atoms with Crippen LogP contribution in [0.1, 0.15) is 28.7 Å². The van der Waals surface area contributed by atoms with Gasteiger partial charge < -0.3 is 14.3 Å². The summed E-state index contributed by atoms with van der Waals surface area (Å²) in [5.74, 6) is -1.20. The van der Waals surface area contributed by atoms with Crippen LogP contribution in [0.25, 0.3) is 5.76 Å². The summed E-state index contributed by atoms with van der Waals surface area (Å²) in [6.07, 6.45) is 0. The van der Waals surface area contributed by atoms with E-state index in [1.807, 2.05) is 0 Å². The zero-order chi connectivity index (χ0) is 22.3. The molecule has 1 aliphatic heterocycles. The van der Waals surface area contributed by atoms with Crippen molar-refractivity contribution in [2.45, 2.75) is 19.9 Å². The van der Waals surface area contributed by atoms with Gasteiger partial charge in [0, 0.05) is 11.3 Å². The number of amides is 1. The minimum atomic E-state index is -1.04. The summed E-state index contributed by atoms with van der Waals surface area (Å²) in [5, 5.41) is 11.1. The number of Topliss-reactive ketones (excluding diaryl/α,β-unsaturated/α-hetero) is 1. The van der Waals surface area contributed by atoms with Crippen molar-refractivity contribution in [2.75, 3.05) is 12.0 Å². The molecule has 31 heavy (non-hydrogen) atoms. The fourth-order valence-corrected chi connectivity index (χ4v) is 3.77. The van der Waals surface area contributed by atoms with Gasteiger partial charge in [-0.2, -0.15) is 0 Å². The predicted octanol–water partition coefficient (Wildman–Crippen LogP) is 4.67. The monoisotopic (exact) mass is 421 g/mol. The summed E-state index contributed by atoms with van der Waals surface area (Å²) in [5.41, 5.74) is 1.10. The third-order valence-electron chi connectivity index (χ3n) is 5.25. The van der Waals surface area contributed by atoms with E-state index in [0.29, 0.717) is 22.6 Å². The maximum absolute atomic E-state index is 13.9. The lowest BCUT2D eigenvalue weighted by molar-refractivity contribution is -0.132. The van der Waals surface area contributed by atoms with Crippen molar-refractivity contribution in [3.05, 3.63) is 88.6 Å². The van der Waals surface area contributed by atoms with Crippen LogP contribution in [-0.4, -0.2) is 23.9 Å². The highest BCUT2D eigenvalue weighted by Gasteiger charge is 2.48. The van der Waals surface area contributed by atoms with Gasteiger partial charge in [-0.05, 0) is 67.9 Å². The van der Waals surface area contributed by atoms with Gasteiger partial charge in [-0.25, -0.2) is 4.39 Å². The number of aliphatic hydroxyl groups is 1. The molecule has 1 amide bonds. The van der Waals surface area contributed by atoms with Crippen molar-refractivity contribution in [1.29, 1.82) is 0 Å². The van der Waals surface area contributed by atoms with Gasteiger partial charge in [-0.15, -0.1) is 0 Å². The molecule has 1 fully saturated rings. The Morgan fingerprint density at radius 3 is 2.48 bits per heavy atom. The van der Waals surface area contributed by atoms with Gasteiger partial charge in [0.05, 0.1) is 12.7 Å². The molecule has 3 aromatic rings. The molecule has 2 heterocycles. The van der Waals surface area contributed by atoms with Crippen LogP contribution in [0.2, 0.25) is 0 Å². The fraction of sp³-hybridized carbons (Fsp3) is 0.167. The van der Waals surface area contributed by atoms with Gasteiger partial charge in [-0.3, -0.25) is 14.5 Å². The summed E-state index contributed by atoms with van der Waals surface area (Å²) < 4.78 is 24.8. The number of hydrogen-bond acceptors (Lipinski definition) is 5. The number of ether oxygens (including phenoxy) is 1. The molecular formula is C24H20FNO5. The number of rotatable bonds is 4. The molecule has 0 radical (unpaired) electrons. The number of halogens is 1. The van der Waals surface area contributed by atoms with E-state index >= 15 is 0 Å². The number of aryl methyl sites for hydroxylation is 2. The Bertz CT molecular complexity index is 1230. The van der Waals surface area contributed by atoms with E-state index in [-0.39, 0.29) is 22.8 Å². The molecule has 158 valence electrons. The lowest BCUT2D eigenvalue weighted by Crippen LogP contribution is -2.29. The number of ketones is 1. The zero-order valence-corrected chi connectivity index (χ0v) is 17.2. The maximum atomic E-state index is 13.9. The molecule has 4 rings (SSSR count). The third kappa shape index (κ3) is 3.48. The molecule has 7 heteroatoms. The van der Waals surface area contributed by atoms with Crippen molar-refractivity contribution in [1.82, 2.24) is 0 Å². The Morgan fingerprint density at radius 2 is 1.87 bits per heavy atom. The van der Waals surface area contributed by atoms with Gasteiger partial charge in [0.2, 0.25) is 0 Å². The zero-order valence-electron chi connectivity index (χ0n) is 17.2. The van der Waals surface area contributed by atoms with Gasteiger partial charge in [0.15, 0.2) is 0 Å². The van der Waals surface area contributed by atoms with E-state index in [1.165, 1.54) is 25.3 Å². The molecule has 0 saturated carbocycles. The molecule has 6 nitrogen and oxygen atoms in total. The van der Waals surface area contributed by atoms with E-state index in [9.17, 15) is 19.1 Å². The average molecular weight is 421 g/mol. The van der Waals surface area contributed by atoms with Gasteiger partial charge in [0.1, 0.15) is 34.9 Å². The van der Waals surface area contributed by atoms with Crippen LogP contribution in [0, 0.1) is 19.7 Å². The highest BCUT2D eigenvalue weighted by atomic mass is 19.1. The molecule has 1 unspecified atom stereocenters. The molecule has 0 bridgehead atoms. The summed E-state index contributed by atoms with van der Waals surface area (Å²) in [4.78, 5) is 27.2. The molecule has 0 aliphatic carbocycles. The Morgan fingerprint density at radius 1 is 1.10 bits per heavy atom. The van der Waals surface area contributed by atoms with Crippen LogP contribution in [0.5, 0.6) is 5.75 Å². The highest BCUT2D eigenvalue weighted by molar-refractivity contribution is 6.51. The Hall–Kier alpha value is -3.87. The Kier molecular flexibility index (Phi) is 5.10. The lowest BCUT2D eigenvalue weighted by Gasteiger charge is -2.23. The number of methoxy groups -OCH3 is 1. The SMILES string of the molecule is COc1ccc(/C(O)=C2/C(=O)C(=O)N(c3cccc(F)c3)C2c2ccc(C)o2)c(C)c1. The van der Waals surface area contributed by atoms with Crippen LogP contribution in [0.3, 0.4) is 0 Å². The molecule has 0 spiro atoms. The average Bonchev–Trinajstić information content (AvgIpc) is 3.28. The van der Waals surface area contributed by atoms with E-state index in [1.54, 1.807) is 44.2 Å². The molecular weight excluding hydrogens is 401 g/mol. The number of aliphatic hydroxyl groups excluding tert-OH is 1. The first-order valence-electron chi connectivity index (χ1n) is 9.59. The Labute approximate surface area is 178 Å². The lowest BCUT2D eigenvalue weighted by atomic mass is 9.97. The number of benzene rings is 2. The first kappa shape index (κ1) is 20.4. The molecule has 1 aromatic heterocycles. The second-order valence-electron chi connectivity index (χ2n) is 7.28. The predicted molar refractivity (Wildman–Crippen MR) is 112 cm³/mol. The number of carbonyl (C=O) groups is 2. The number of carbonyl (C=O) groups excluding carboxylic acids is 2. The molecule has 1 atom stereocenters. The van der Waals surface area contributed by atoms with Crippen LogP contribution < -0.4 is 9.64 Å². The van der Waals surface area contributed by atoms with Crippen molar-refractivity contribution in [3.8, 4) is 5.75 Å². The number of furan rings is 1. The second-order valence-corrected chi connectivity index (χ2v) is 7.28. The summed E-state index contributed by atoms with van der Waals surface area (Å²) in [6.45, 7) is 3.48. The van der Waals surface area contributed by atoms with E-state index in [0.717, 1.165) is 11.0 Å². The number of hydrogen-bond donors (Lipinski definition) is 1. The van der Waals surface area contributed by atoms with Gasteiger partial charge in [-0.1, -0.05) is 6.07 Å². The first-order chi connectivity index (χ1) is 14.8. The van der Waals surface area contributed by atoms with Crippen molar-refractivity contribution in [2.24, 2.45) is 0 Å². The van der Waals surface area contributed by atoms with Gasteiger partial charge >= 0.3 is 0 Å². The number of nitrogens with zero attached hydrogens (tertiary/aromatic N) is 1. The topological polar surface area (TPSA) is 80.0 Å². The van der Waals surface area contributed by atoms with E-state index in [2.05, 4.69) is 0 Å². The summed E-state index contributed by atoms with van der Waals surface area (Å²) in [6, 6.07) is 12.6. The van der Waals surface area contributed by atoms with Crippen molar-refractivity contribution in [3.63, 3.8) is 0 Å². The quantitative estimate of drug-likeness (QED) is 0.376. The normalized spacial score (nSPS) is 17.9. The van der Waals surface area contributed by atoms with E-state index in [4.69, 9.17) is 9.15 Å². The standard InChI is InChI=1S/C24H20FNO5/c1-13-11-17(30-3)8-9-18(13)22(27)20-21(19-10-7-14(2)31-19)26(24(29)23(20)28)16-6-4-5-15(25)12-16/h4-12,21,27H,1-3H3/b22-20-. The smallest absolute Gasteiger partial charge is 0.300 e. The maximum Gasteiger partial charge on any atom is 0.300 e. The molecule has 2 aromatic carbocycles. The second kappa shape index (κ2) is 7.75. The third-order valence-corrected chi connectivity index (χ3v) is 5.25. The van der Waals surface area contributed by atoms with Crippen LogP contribution in [-0.2, 0) is 9.59 Å². The Balaban J connectivity index is 1.94. The molecule has 1 saturated heterocycles. The highest BCUT2D eigenvalue weighted by Crippen LogP contribution is 2.43. The van der Waals surface area contributed by atoms with Crippen LogP contribution in [0.15, 0.2) is 64.6 Å². The minimum absolute atomic E-state index is 0.128. The first-order valence-corrected chi connectivity index (χ1v) is 9.59. The molecule has 1 N–H and O–H groups in total. The fourth-order valence-electron chi connectivity index (χ4n) is 3.77. The molecule has 1 aliphatic rings.